The van der Waals surface area contributed by atoms with Crippen LogP contribution in [0.1, 0.15) is 5.56 Å². The number of hydrogen-bond donors (Lipinski definition) is 1. The molecule has 96 valence electrons. The third-order valence-corrected chi connectivity index (χ3v) is 4.80. The molecule has 0 unspecified atom stereocenters. The van der Waals surface area contributed by atoms with E-state index in [-0.39, 0.29) is 4.90 Å². The van der Waals surface area contributed by atoms with Gasteiger partial charge >= 0.3 is 0 Å². The van der Waals surface area contributed by atoms with Crippen LogP contribution in [-0.4, -0.2) is 30.0 Å². The van der Waals surface area contributed by atoms with Crippen molar-refractivity contribution < 1.29 is 8.42 Å². The first-order valence-electron chi connectivity index (χ1n) is 5.20. The molecule has 0 bridgehead atoms. The maximum absolute atomic E-state index is 12.1. The Morgan fingerprint density at radius 3 is 2.56 bits per heavy atom. The Kier molecular flexibility index (Phi) is 3.84. The third kappa shape index (κ3) is 2.80. The zero-order valence-corrected chi connectivity index (χ0v) is 12.1. The minimum absolute atomic E-state index is 0.169. The average molecular weight is 330 g/mol. The quantitative estimate of drug-likeness (QED) is 0.932. The van der Waals surface area contributed by atoms with Gasteiger partial charge in [0.25, 0.3) is 0 Å². The molecule has 0 aliphatic carbocycles. The highest BCUT2D eigenvalue weighted by Crippen LogP contribution is 2.16. The van der Waals surface area contributed by atoms with E-state index in [2.05, 4.69) is 26.1 Å². The molecule has 0 radical (unpaired) electrons. The zero-order valence-electron chi connectivity index (χ0n) is 9.67. The van der Waals surface area contributed by atoms with E-state index in [1.807, 2.05) is 24.3 Å². The molecule has 0 fully saturated rings. The summed E-state index contributed by atoms with van der Waals surface area (Å²) in [7, 11) is -1.93. The Morgan fingerprint density at radius 1 is 1.33 bits per heavy atom. The molecule has 18 heavy (non-hydrogen) atoms. The Hall–Kier alpha value is -1.18. The van der Waals surface area contributed by atoms with Gasteiger partial charge in [-0.2, -0.15) is 9.40 Å². The van der Waals surface area contributed by atoms with E-state index >= 15 is 0 Å². The van der Waals surface area contributed by atoms with Crippen LogP contribution in [0.25, 0.3) is 0 Å². The molecular formula is C11H12BrN3O2S. The van der Waals surface area contributed by atoms with Gasteiger partial charge in [-0.15, -0.1) is 0 Å². The molecule has 2 rings (SSSR count). The van der Waals surface area contributed by atoms with E-state index in [0.717, 1.165) is 10.0 Å². The van der Waals surface area contributed by atoms with Gasteiger partial charge in [0.05, 0.1) is 6.20 Å². The lowest BCUT2D eigenvalue weighted by atomic mass is 10.2. The van der Waals surface area contributed by atoms with Gasteiger partial charge in [-0.05, 0) is 17.7 Å². The molecule has 0 amide bonds. The van der Waals surface area contributed by atoms with E-state index in [1.54, 1.807) is 7.05 Å². The number of nitrogens with one attached hydrogen (secondary N) is 1. The van der Waals surface area contributed by atoms with Crippen LogP contribution in [0.15, 0.2) is 46.0 Å². The summed E-state index contributed by atoms with van der Waals surface area (Å²) in [5.74, 6) is 0. The second kappa shape index (κ2) is 5.21. The summed E-state index contributed by atoms with van der Waals surface area (Å²) in [4.78, 5) is 0.169. The van der Waals surface area contributed by atoms with E-state index in [1.165, 1.54) is 16.7 Å². The van der Waals surface area contributed by atoms with Gasteiger partial charge < -0.3 is 0 Å². The molecule has 0 aliphatic heterocycles. The van der Waals surface area contributed by atoms with Crippen molar-refractivity contribution in [1.29, 1.82) is 0 Å². The van der Waals surface area contributed by atoms with E-state index in [9.17, 15) is 8.42 Å². The van der Waals surface area contributed by atoms with Crippen molar-refractivity contribution in [3.05, 3.63) is 46.7 Å². The Balaban J connectivity index is 2.17. The number of sulfonamides is 1. The Bertz CT molecular complexity index is 608. The van der Waals surface area contributed by atoms with Crippen molar-refractivity contribution >= 4 is 26.0 Å². The van der Waals surface area contributed by atoms with E-state index in [4.69, 9.17) is 0 Å². The van der Waals surface area contributed by atoms with Crippen LogP contribution >= 0.6 is 15.9 Å². The molecule has 1 aromatic carbocycles. The Labute approximate surface area is 114 Å². The van der Waals surface area contributed by atoms with Crippen molar-refractivity contribution in [2.75, 3.05) is 7.05 Å². The summed E-state index contributed by atoms with van der Waals surface area (Å²) in [5.41, 5.74) is 0.924. The fraction of sp³-hybridized carbons (Fsp3) is 0.182. The van der Waals surface area contributed by atoms with E-state index in [0.29, 0.717) is 6.54 Å². The van der Waals surface area contributed by atoms with Crippen molar-refractivity contribution in [1.82, 2.24) is 14.5 Å². The molecule has 2 aromatic rings. The van der Waals surface area contributed by atoms with Crippen LogP contribution in [0.5, 0.6) is 0 Å². The summed E-state index contributed by atoms with van der Waals surface area (Å²) in [6.45, 7) is 0.320. The molecule has 0 spiro atoms. The largest absolute Gasteiger partial charge is 0.284 e. The van der Waals surface area contributed by atoms with Crippen LogP contribution < -0.4 is 0 Å². The molecule has 0 saturated heterocycles. The maximum atomic E-state index is 12.1. The van der Waals surface area contributed by atoms with Crippen molar-refractivity contribution in [2.45, 2.75) is 11.4 Å². The predicted octanol–water partition coefficient (Wildman–Crippen LogP) is 1.99. The standard InChI is InChI=1S/C11H12BrN3O2S/c1-15(8-9-2-4-10(12)5-3-9)18(16,17)11-6-13-14-7-11/h2-7H,8H2,1H3,(H,13,14). The fourth-order valence-corrected chi connectivity index (χ4v) is 2.82. The van der Waals surface area contributed by atoms with Gasteiger partial charge in [-0.1, -0.05) is 28.1 Å². The van der Waals surface area contributed by atoms with Crippen LogP contribution in [0.4, 0.5) is 0 Å². The second-order valence-corrected chi connectivity index (χ2v) is 6.78. The number of aromatic nitrogens is 2. The van der Waals surface area contributed by atoms with Crippen LogP contribution in [0, 0.1) is 0 Å². The minimum Gasteiger partial charge on any atom is -0.284 e. The number of nitrogens with zero attached hydrogens (tertiary/aromatic N) is 2. The molecule has 5 nitrogen and oxygen atoms in total. The highest BCUT2D eigenvalue weighted by Gasteiger charge is 2.21. The average Bonchev–Trinajstić information content (AvgIpc) is 2.86. The molecule has 0 atom stereocenters. The van der Waals surface area contributed by atoms with Crippen molar-refractivity contribution in [3.63, 3.8) is 0 Å². The number of H-pyrrole nitrogens is 1. The minimum atomic E-state index is -3.48. The number of aromatic amines is 1. The van der Waals surface area contributed by atoms with Gasteiger partial charge in [-0.3, -0.25) is 5.10 Å². The first-order chi connectivity index (χ1) is 8.50. The topological polar surface area (TPSA) is 66.1 Å². The summed E-state index contributed by atoms with van der Waals surface area (Å²) < 4.78 is 26.5. The lowest BCUT2D eigenvalue weighted by Crippen LogP contribution is -2.26. The second-order valence-electron chi connectivity index (χ2n) is 3.82. The Morgan fingerprint density at radius 2 is 2.00 bits per heavy atom. The normalized spacial score (nSPS) is 11.9. The number of halogens is 1. The highest BCUT2D eigenvalue weighted by atomic mass is 79.9. The monoisotopic (exact) mass is 329 g/mol. The molecule has 1 aromatic heterocycles. The summed E-state index contributed by atoms with van der Waals surface area (Å²) >= 11 is 3.34. The van der Waals surface area contributed by atoms with Gasteiger partial charge in [0.2, 0.25) is 10.0 Å². The van der Waals surface area contributed by atoms with Crippen molar-refractivity contribution in [3.8, 4) is 0 Å². The van der Waals surface area contributed by atoms with Crippen molar-refractivity contribution in [2.24, 2.45) is 0 Å². The number of hydrogen-bond acceptors (Lipinski definition) is 3. The van der Waals surface area contributed by atoms with Crippen LogP contribution in [0.2, 0.25) is 0 Å². The van der Waals surface area contributed by atoms with Crippen LogP contribution in [0.3, 0.4) is 0 Å². The SMILES string of the molecule is CN(Cc1ccc(Br)cc1)S(=O)(=O)c1cn[nH]c1. The summed E-state index contributed by atoms with van der Waals surface area (Å²) in [6.07, 6.45) is 2.67. The lowest BCUT2D eigenvalue weighted by Gasteiger charge is -2.15. The third-order valence-electron chi connectivity index (χ3n) is 2.50. The van der Waals surface area contributed by atoms with Gasteiger partial charge in [0.15, 0.2) is 0 Å². The highest BCUT2D eigenvalue weighted by molar-refractivity contribution is 9.10. The first-order valence-corrected chi connectivity index (χ1v) is 7.43. The molecular weight excluding hydrogens is 318 g/mol. The molecule has 0 aliphatic rings. The lowest BCUT2D eigenvalue weighted by molar-refractivity contribution is 0.467. The van der Waals surface area contributed by atoms with Gasteiger partial charge in [-0.25, -0.2) is 8.42 Å². The number of rotatable bonds is 4. The fourth-order valence-electron chi connectivity index (χ4n) is 1.49. The smallest absolute Gasteiger partial charge is 0.246 e. The predicted molar refractivity (Wildman–Crippen MR) is 71.4 cm³/mol. The molecule has 7 heteroatoms. The molecule has 0 saturated carbocycles. The molecule has 1 N–H and O–H groups in total. The maximum Gasteiger partial charge on any atom is 0.246 e. The summed E-state index contributed by atoms with van der Waals surface area (Å²) in [6, 6.07) is 7.53. The van der Waals surface area contributed by atoms with E-state index < -0.39 is 10.0 Å². The first kappa shape index (κ1) is 13.3. The van der Waals surface area contributed by atoms with Crippen LogP contribution in [-0.2, 0) is 16.6 Å². The van der Waals surface area contributed by atoms with Gasteiger partial charge in [0.1, 0.15) is 4.90 Å². The molecule has 1 heterocycles. The van der Waals surface area contributed by atoms with Gasteiger partial charge in [0, 0.05) is 24.3 Å². The zero-order chi connectivity index (χ0) is 13.2. The number of benzene rings is 1. The summed E-state index contributed by atoms with van der Waals surface area (Å²) in [5, 5.41) is 6.15.